The summed E-state index contributed by atoms with van der Waals surface area (Å²) in [6.07, 6.45) is 1.24. The summed E-state index contributed by atoms with van der Waals surface area (Å²) >= 11 is 0. The van der Waals surface area contributed by atoms with Gasteiger partial charge in [0.15, 0.2) is 0 Å². The number of pyridine rings is 1. The van der Waals surface area contributed by atoms with Gasteiger partial charge in [0.25, 0.3) is 11.5 Å². The maximum Gasteiger partial charge on any atom is 0.261 e. The monoisotopic (exact) mass is 363 g/mol. The molecule has 0 aliphatic heterocycles. The highest BCUT2D eigenvalue weighted by Crippen LogP contribution is 2.12. The molecule has 6 heteroatoms. The number of fused-ring (bicyclic) bond motifs is 1. The molecule has 3 aromatic rings. The number of hydrogen-bond donors (Lipinski definition) is 3. The number of aromatic amines is 1. The molecule has 0 saturated carbocycles. The summed E-state index contributed by atoms with van der Waals surface area (Å²) in [5, 5.41) is 6.37. The summed E-state index contributed by atoms with van der Waals surface area (Å²) in [7, 11) is 0. The first-order chi connectivity index (χ1) is 13.1. The molecule has 0 bridgehead atoms. The van der Waals surface area contributed by atoms with E-state index < -0.39 is 11.5 Å². The van der Waals surface area contributed by atoms with E-state index in [1.54, 1.807) is 24.3 Å². The minimum Gasteiger partial charge on any atom is -0.348 e. The molecule has 0 atom stereocenters. The number of H-pyrrole nitrogens is 1. The number of anilines is 1. The van der Waals surface area contributed by atoms with Gasteiger partial charge in [-0.15, -0.1) is 0 Å². The van der Waals surface area contributed by atoms with Crippen LogP contribution in [0.5, 0.6) is 0 Å². The molecule has 1 aromatic heterocycles. The van der Waals surface area contributed by atoms with Gasteiger partial charge in [0.2, 0.25) is 5.91 Å². The highest BCUT2D eigenvalue weighted by molar-refractivity contribution is 5.97. The molecular formula is C21H21N3O3. The third-order valence-electron chi connectivity index (χ3n) is 4.14. The van der Waals surface area contributed by atoms with Crippen molar-refractivity contribution in [2.45, 2.75) is 26.3 Å². The smallest absolute Gasteiger partial charge is 0.261 e. The average Bonchev–Trinajstić information content (AvgIpc) is 2.66. The van der Waals surface area contributed by atoms with Gasteiger partial charge >= 0.3 is 0 Å². The lowest BCUT2D eigenvalue weighted by Crippen LogP contribution is -2.29. The van der Waals surface area contributed by atoms with Crippen molar-refractivity contribution in [1.82, 2.24) is 10.3 Å². The van der Waals surface area contributed by atoms with Gasteiger partial charge < -0.3 is 15.6 Å². The van der Waals surface area contributed by atoms with Crippen LogP contribution in [0.4, 0.5) is 5.69 Å². The molecule has 0 aliphatic carbocycles. The van der Waals surface area contributed by atoms with E-state index in [9.17, 15) is 14.4 Å². The maximum atomic E-state index is 12.4. The Balaban J connectivity index is 1.70. The van der Waals surface area contributed by atoms with Crippen LogP contribution in [0.2, 0.25) is 0 Å². The van der Waals surface area contributed by atoms with E-state index in [2.05, 4.69) is 15.6 Å². The molecule has 0 saturated heterocycles. The molecule has 1 heterocycles. The second kappa shape index (κ2) is 8.31. The Kier molecular flexibility index (Phi) is 5.66. The zero-order chi connectivity index (χ0) is 19.2. The number of benzene rings is 2. The summed E-state index contributed by atoms with van der Waals surface area (Å²) in [4.78, 5) is 39.0. The Morgan fingerprint density at radius 3 is 2.67 bits per heavy atom. The molecule has 0 fully saturated rings. The molecule has 138 valence electrons. The summed E-state index contributed by atoms with van der Waals surface area (Å²) in [5.74, 6) is -0.483. The molecule has 0 unspecified atom stereocenters. The van der Waals surface area contributed by atoms with Crippen molar-refractivity contribution in [3.63, 3.8) is 0 Å². The van der Waals surface area contributed by atoms with Crippen LogP contribution in [0.1, 0.15) is 35.7 Å². The minimum atomic E-state index is -0.442. The topological polar surface area (TPSA) is 91.1 Å². The quantitative estimate of drug-likeness (QED) is 0.628. The van der Waals surface area contributed by atoms with Crippen LogP contribution in [0, 0.1) is 0 Å². The third kappa shape index (κ3) is 4.61. The van der Waals surface area contributed by atoms with E-state index >= 15 is 0 Å². The third-order valence-corrected chi connectivity index (χ3v) is 4.14. The molecule has 3 rings (SSSR count). The maximum absolute atomic E-state index is 12.4. The molecular weight excluding hydrogens is 342 g/mol. The highest BCUT2D eigenvalue weighted by atomic mass is 16.2. The van der Waals surface area contributed by atoms with Crippen LogP contribution in [0.25, 0.3) is 10.9 Å². The molecule has 0 aliphatic rings. The SMILES string of the molecule is CCCC(=O)Nc1cccc(CNC(=O)c2cc3ccccc3[nH]c2=O)c1. The normalized spacial score (nSPS) is 10.6. The fraction of sp³-hybridized carbons (Fsp3) is 0.190. The molecule has 3 N–H and O–H groups in total. The first kappa shape index (κ1) is 18.4. The van der Waals surface area contributed by atoms with Gasteiger partial charge in [-0.25, -0.2) is 0 Å². The molecule has 0 radical (unpaired) electrons. The van der Waals surface area contributed by atoms with Crippen molar-refractivity contribution in [2.24, 2.45) is 0 Å². The number of para-hydroxylation sites is 1. The Morgan fingerprint density at radius 1 is 1.04 bits per heavy atom. The van der Waals surface area contributed by atoms with E-state index in [0.717, 1.165) is 17.4 Å². The number of hydrogen-bond acceptors (Lipinski definition) is 3. The first-order valence-electron chi connectivity index (χ1n) is 8.86. The predicted molar refractivity (Wildman–Crippen MR) is 106 cm³/mol. The molecule has 2 aromatic carbocycles. The lowest BCUT2D eigenvalue weighted by atomic mass is 10.1. The summed E-state index contributed by atoms with van der Waals surface area (Å²) < 4.78 is 0. The van der Waals surface area contributed by atoms with E-state index in [1.165, 1.54) is 0 Å². The van der Waals surface area contributed by atoms with Gasteiger partial charge in [0.05, 0.1) is 0 Å². The van der Waals surface area contributed by atoms with E-state index in [4.69, 9.17) is 0 Å². The number of amides is 2. The fourth-order valence-corrected chi connectivity index (χ4v) is 2.80. The minimum absolute atomic E-state index is 0.0404. The van der Waals surface area contributed by atoms with Gasteiger partial charge in [0.1, 0.15) is 5.56 Å². The highest BCUT2D eigenvalue weighted by Gasteiger charge is 2.11. The first-order valence-corrected chi connectivity index (χ1v) is 8.86. The standard InChI is InChI=1S/C21H21N3O3/c1-2-6-19(25)23-16-9-5-7-14(11-16)13-22-20(26)17-12-15-8-3-4-10-18(15)24-21(17)27/h3-5,7-12H,2,6,13H2,1H3,(H,22,26)(H,23,25)(H,24,27). The zero-order valence-corrected chi connectivity index (χ0v) is 15.0. The molecule has 2 amide bonds. The number of nitrogens with one attached hydrogen (secondary N) is 3. The average molecular weight is 363 g/mol. The Labute approximate surface area is 156 Å². The lowest BCUT2D eigenvalue weighted by molar-refractivity contribution is -0.116. The van der Waals surface area contributed by atoms with E-state index in [1.807, 2.05) is 37.3 Å². The fourth-order valence-electron chi connectivity index (χ4n) is 2.80. The Hall–Kier alpha value is -3.41. The van der Waals surface area contributed by atoms with Crippen LogP contribution in [0.15, 0.2) is 59.4 Å². The van der Waals surface area contributed by atoms with Crippen molar-refractivity contribution in [1.29, 1.82) is 0 Å². The van der Waals surface area contributed by atoms with Crippen LogP contribution < -0.4 is 16.2 Å². The number of aromatic nitrogens is 1. The number of carbonyl (C=O) groups is 2. The van der Waals surface area contributed by atoms with Gasteiger partial charge in [-0.3, -0.25) is 14.4 Å². The van der Waals surface area contributed by atoms with Crippen molar-refractivity contribution in [3.05, 3.63) is 76.1 Å². The second-order valence-electron chi connectivity index (χ2n) is 6.28. The van der Waals surface area contributed by atoms with Crippen molar-refractivity contribution in [2.75, 3.05) is 5.32 Å². The lowest BCUT2D eigenvalue weighted by Gasteiger charge is -2.09. The van der Waals surface area contributed by atoms with Crippen molar-refractivity contribution >= 4 is 28.4 Å². The summed E-state index contributed by atoms with van der Waals surface area (Å²) in [6, 6.07) is 16.1. The van der Waals surface area contributed by atoms with Gasteiger partial charge in [-0.1, -0.05) is 37.3 Å². The second-order valence-corrected chi connectivity index (χ2v) is 6.28. The van der Waals surface area contributed by atoms with Crippen LogP contribution in [0.3, 0.4) is 0 Å². The van der Waals surface area contributed by atoms with Crippen molar-refractivity contribution in [3.8, 4) is 0 Å². The van der Waals surface area contributed by atoms with E-state index in [-0.39, 0.29) is 18.0 Å². The van der Waals surface area contributed by atoms with Crippen LogP contribution in [-0.4, -0.2) is 16.8 Å². The van der Waals surface area contributed by atoms with E-state index in [0.29, 0.717) is 17.6 Å². The zero-order valence-electron chi connectivity index (χ0n) is 15.0. The van der Waals surface area contributed by atoms with Gasteiger partial charge in [0, 0.05) is 24.2 Å². The van der Waals surface area contributed by atoms with Gasteiger partial charge in [-0.05, 0) is 41.6 Å². The molecule has 6 nitrogen and oxygen atoms in total. The Bertz CT molecular complexity index is 1040. The molecule has 27 heavy (non-hydrogen) atoms. The predicted octanol–water partition coefficient (Wildman–Crippen LogP) is 3.20. The number of rotatable bonds is 6. The Morgan fingerprint density at radius 2 is 1.85 bits per heavy atom. The molecule has 0 spiro atoms. The van der Waals surface area contributed by atoms with Crippen molar-refractivity contribution < 1.29 is 9.59 Å². The number of carbonyl (C=O) groups excluding carboxylic acids is 2. The van der Waals surface area contributed by atoms with Crippen LogP contribution in [-0.2, 0) is 11.3 Å². The summed E-state index contributed by atoms with van der Waals surface area (Å²) in [6.45, 7) is 2.20. The van der Waals surface area contributed by atoms with Crippen LogP contribution >= 0.6 is 0 Å². The van der Waals surface area contributed by atoms with Gasteiger partial charge in [-0.2, -0.15) is 0 Å². The largest absolute Gasteiger partial charge is 0.348 e. The summed E-state index contributed by atoms with van der Waals surface area (Å²) in [5.41, 5.74) is 1.85.